The van der Waals surface area contributed by atoms with Crippen LogP contribution in [-0.2, 0) is 4.79 Å². The molecule has 3 rings (SSSR count). The highest BCUT2D eigenvalue weighted by Gasteiger charge is 2.17. The van der Waals surface area contributed by atoms with Gasteiger partial charge in [-0.05, 0) is 49.4 Å². The zero-order chi connectivity index (χ0) is 20.1. The molecule has 146 valence electrons. The fourth-order valence-electron chi connectivity index (χ4n) is 2.44. The molecule has 0 fully saturated rings. The molecule has 1 amide bonds. The molecule has 0 saturated carbocycles. The van der Waals surface area contributed by atoms with Gasteiger partial charge in [0.05, 0.1) is 19.9 Å². The molecule has 1 N–H and O–H groups in total. The van der Waals surface area contributed by atoms with Gasteiger partial charge < -0.3 is 14.2 Å². The summed E-state index contributed by atoms with van der Waals surface area (Å²) in [5.74, 6) is 1.53. The molecule has 0 bridgehead atoms. The summed E-state index contributed by atoms with van der Waals surface area (Å²) in [5.41, 5.74) is 1.59. The second kappa shape index (κ2) is 8.95. The minimum Gasteiger partial charge on any atom is -0.493 e. The molecule has 6 nitrogen and oxygen atoms in total. The van der Waals surface area contributed by atoms with Crippen molar-refractivity contribution in [2.75, 3.05) is 19.5 Å². The lowest BCUT2D eigenvalue weighted by molar-refractivity contribution is -0.122. The lowest BCUT2D eigenvalue weighted by Gasteiger charge is -2.13. The second-order valence-corrected chi connectivity index (χ2v) is 7.11. The summed E-state index contributed by atoms with van der Waals surface area (Å²) in [6.07, 6.45) is -0.686. The molecule has 0 aliphatic heterocycles. The van der Waals surface area contributed by atoms with Gasteiger partial charge in [0.15, 0.2) is 22.7 Å². The first kappa shape index (κ1) is 20.0. The summed E-state index contributed by atoms with van der Waals surface area (Å²) in [4.78, 5) is 16.9. The van der Waals surface area contributed by atoms with Gasteiger partial charge >= 0.3 is 0 Å². The van der Waals surface area contributed by atoms with Gasteiger partial charge in [-0.1, -0.05) is 11.6 Å². The molecule has 1 atom stereocenters. The van der Waals surface area contributed by atoms with Gasteiger partial charge in [-0.3, -0.25) is 10.1 Å². The van der Waals surface area contributed by atoms with Crippen molar-refractivity contribution in [1.82, 2.24) is 4.98 Å². The van der Waals surface area contributed by atoms with Crippen LogP contribution in [0.25, 0.3) is 11.3 Å². The van der Waals surface area contributed by atoms with Gasteiger partial charge in [0.25, 0.3) is 5.91 Å². The Kier molecular flexibility index (Phi) is 6.38. The van der Waals surface area contributed by atoms with E-state index in [0.717, 1.165) is 11.3 Å². The molecule has 28 heavy (non-hydrogen) atoms. The number of halogens is 1. The maximum atomic E-state index is 12.4. The van der Waals surface area contributed by atoms with Crippen molar-refractivity contribution < 1.29 is 19.0 Å². The Balaban J connectivity index is 1.66. The highest BCUT2D eigenvalue weighted by Crippen LogP contribution is 2.33. The third kappa shape index (κ3) is 4.74. The summed E-state index contributed by atoms with van der Waals surface area (Å²) < 4.78 is 16.2. The molecular weight excluding hydrogens is 400 g/mol. The minimum atomic E-state index is -0.686. The number of hydrogen-bond donors (Lipinski definition) is 1. The number of aromatic nitrogens is 1. The Morgan fingerprint density at radius 3 is 2.50 bits per heavy atom. The highest BCUT2D eigenvalue weighted by atomic mass is 35.5. The fraction of sp³-hybridized carbons (Fsp3) is 0.200. The zero-order valence-corrected chi connectivity index (χ0v) is 17.1. The minimum absolute atomic E-state index is 0.289. The monoisotopic (exact) mass is 418 g/mol. The van der Waals surface area contributed by atoms with Crippen LogP contribution in [0.2, 0.25) is 5.02 Å². The van der Waals surface area contributed by atoms with Crippen molar-refractivity contribution in [2.24, 2.45) is 0 Å². The first-order valence-corrected chi connectivity index (χ1v) is 9.67. The number of methoxy groups -OCH3 is 2. The Labute approximate surface area is 172 Å². The van der Waals surface area contributed by atoms with Crippen LogP contribution in [-0.4, -0.2) is 31.2 Å². The maximum absolute atomic E-state index is 12.4. The quantitative estimate of drug-likeness (QED) is 0.591. The van der Waals surface area contributed by atoms with Crippen molar-refractivity contribution >= 4 is 34.0 Å². The van der Waals surface area contributed by atoms with Crippen LogP contribution in [0.4, 0.5) is 5.13 Å². The number of hydrogen-bond acceptors (Lipinski definition) is 6. The number of thiazole rings is 1. The summed E-state index contributed by atoms with van der Waals surface area (Å²) in [5, 5.41) is 5.73. The molecule has 1 aromatic heterocycles. The standard InChI is InChI=1S/C20H19ClN2O4S/c1-12(27-15-7-5-14(21)6-8-15)19(24)23-20-22-16(11-28-20)13-4-9-17(25-2)18(10-13)26-3/h4-12H,1-3H3,(H,22,23,24). The molecular formula is C20H19ClN2O4S. The molecule has 0 aliphatic carbocycles. The normalized spacial score (nSPS) is 11.6. The van der Waals surface area contributed by atoms with E-state index in [9.17, 15) is 4.79 Å². The third-order valence-electron chi connectivity index (χ3n) is 3.91. The number of amides is 1. The van der Waals surface area contributed by atoms with E-state index in [1.54, 1.807) is 45.4 Å². The molecule has 1 heterocycles. The van der Waals surface area contributed by atoms with Crippen molar-refractivity contribution in [3.05, 3.63) is 52.9 Å². The Morgan fingerprint density at radius 2 is 1.82 bits per heavy atom. The number of rotatable bonds is 7. The van der Waals surface area contributed by atoms with E-state index in [0.29, 0.717) is 27.4 Å². The lowest BCUT2D eigenvalue weighted by Crippen LogP contribution is -2.30. The predicted octanol–water partition coefficient (Wildman–Crippen LogP) is 4.89. The van der Waals surface area contributed by atoms with Crippen molar-refractivity contribution in [3.8, 4) is 28.5 Å². The third-order valence-corrected chi connectivity index (χ3v) is 4.92. The molecule has 8 heteroatoms. The van der Waals surface area contributed by atoms with Crippen LogP contribution in [0.15, 0.2) is 47.8 Å². The number of anilines is 1. The topological polar surface area (TPSA) is 69.7 Å². The number of ether oxygens (including phenoxy) is 3. The van der Waals surface area contributed by atoms with Crippen LogP contribution < -0.4 is 19.5 Å². The van der Waals surface area contributed by atoms with Crippen molar-refractivity contribution in [3.63, 3.8) is 0 Å². The van der Waals surface area contributed by atoms with E-state index < -0.39 is 6.10 Å². The summed E-state index contributed by atoms with van der Waals surface area (Å²) >= 11 is 7.18. The Morgan fingerprint density at radius 1 is 1.11 bits per heavy atom. The van der Waals surface area contributed by atoms with Crippen LogP contribution >= 0.6 is 22.9 Å². The van der Waals surface area contributed by atoms with Crippen LogP contribution in [0, 0.1) is 0 Å². The predicted molar refractivity (Wildman–Crippen MR) is 111 cm³/mol. The average Bonchev–Trinajstić information content (AvgIpc) is 3.17. The summed E-state index contributed by atoms with van der Waals surface area (Å²) in [6.45, 7) is 1.67. The maximum Gasteiger partial charge on any atom is 0.266 e. The van der Waals surface area contributed by atoms with E-state index in [1.165, 1.54) is 11.3 Å². The zero-order valence-electron chi connectivity index (χ0n) is 15.6. The molecule has 0 saturated heterocycles. The Hall–Kier alpha value is -2.77. The van der Waals surface area contributed by atoms with Gasteiger partial charge in [0.1, 0.15) is 5.75 Å². The van der Waals surface area contributed by atoms with Crippen molar-refractivity contribution in [2.45, 2.75) is 13.0 Å². The van der Waals surface area contributed by atoms with E-state index in [4.69, 9.17) is 25.8 Å². The highest BCUT2D eigenvalue weighted by molar-refractivity contribution is 7.14. The van der Waals surface area contributed by atoms with Crippen molar-refractivity contribution in [1.29, 1.82) is 0 Å². The number of nitrogens with one attached hydrogen (secondary N) is 1. The number of carbonyl (C=O) groups is 1. The SMILES string of the molecule is COc1ccc(-c2csc(NC(=O)C(C)Oc3ccc(Cl)cc3)n2)cc1OC. The molecule has 0 aliphatic rings. The molecule has 0 spiro atoms. The van der Waals surface area contributed by atoms with Gasteiger partial charge in [-0.2, -0.15) is 0 Å². The molecule has 3 aromatic rings. The van der Waals surface area contributed by atoms with Gasteiger partial charge in [-0.15, -0.1) is 11.3 Å². The average molecular weight is 419 g/mol. The van der Waals surface area contributed by atoms with E-state index >= 15 is 0 Å². The second-order valence-electron chi connectivity index (χ2n) is 5.81. The van der Waals surface area contributed by atoms with E-state index in [-0.39, 0.29) is 5.91 Å². The summed E-state index contributed by atoms with van der Waals surface area (Å²) in [6, 6.07) is 12.4. The first-order chi connectivity index (χ1) is 13.5. The number of carbonyl (C=O) groups excluding carboxylic acids is 1. The van der Waals surface area contributed by atoms with Gasteiger partial charge in [0.2, 0.25) is 0 Å². The van der Waals surface area contributed by atoms with Gasteiger partial charge in [0, 0.05) is 16.0 Å². The van der Waals surface area contributed by atoms with Crippen LogP contribution in [0.1, 0.15) is 6.92 Å². The van der Waals surface area contributed by atoms with Crippen LogP contribution in [0.3, 0.4) is 0 Å². The van der Waals surface area contributed by atoms with E-state index in [2.05, 4.69) is 10.3 Å². The number of benzene rings is 2. The smallest absolute Gasteiger partial charge is 0.266 e. The first-order valence-electron chi connectivity index (χ1n) is 8.41. The van der Waals surface area contributed by atoms with E-state index in [1.807, 2.05) is 23.6 Å². The molecule has 1 unspecified atom stereocenters. The Bertz CT molecular complexity index is 959. The van der Waals surface area contributed by atoms with Gasteiger partial charge in [-0.25, -0.2) is 4.98 Å². The summed E-state index contributed by atoms with van der Waals surface area (Å²) in [7, 11) is 3.16. The van der Waals surface area contributed by atoms with Crippen LogP contribution in [0.5, 0.6) is 17.2 Å². The fourth-order valence-corrected chi connectivity index (χ4v) is 3.29. The number of nitrogens with zero attached hydrogens (tertiary/aromatic N) is 1. The largest absolute Gasteiger partial charge is 0.493 e. The molecule has 0 radical (unpaired) electrons. The lowest BCUT2D eigenvalue weighted by atomic mass is 10.1. The molecule has 2 aromatic carbocycles.